The summed E-state index contributed by atoms with van der Waals surface area (Å²) in [6.07, 6.45) is 0.755. The van der Waals surface area contributed by atoms with Crippen molar-refractivity contribution < 1.29 is 14.3 Å². The number of morpholine rings is 1. The zero-order valence-electron chi connectivity index (χ0n) is 18.8. The van der Waals surface area contributed by atoms with Gasteiger partial charge in [0.25, 0.3) is 0 Å². The molecule has 2 amide bonds. The highest BCUT2D eigenvalue weighted by molar-refractivity contribution is 6.31. The summed E-state index contributed by atoms with van der Waals surface area (Å²) in [5, 5.41) is 3.62. The van der Waals surface area contributed by atoms with Crippen LogP contribution in [0.5, 0.6) is 0 Å². The molecule has 2 heterocycles. The number of nitrogens with zero attached hydrogens (tertiary/aromatic N) is 3. The number of benzene rings is 2. The molecule has 2 aromatic rings. The Bertz CT molecular complexity index is 939. The van der Waals surface area contributed by atoms with Crippen LogP contribution in [-0.4, -0.2) is 80.6 Å². The number of amides is 2. The van der Waals surface area contributed by atoms with Gasteiger partial charge in [0.15, 0.2) is 0 Å². The molecule has 2 saturated heterocycles. The van der Waals surface area contributed by atoms with E-state index >= 15 is 0 Å². The smallest absolute Gasteiger partial charge is 0.227 e. The van der Waals surface area contributed by atoms with Crippen LogP contribution in [0.1, 0.15) is 12.0 Å². The number of nitrogens with one attached hydrogen (secondary N) is 1. The van der Waals surface area contributed by atoms with Gasteiger partial charge in [-0.1, -0.05) is 29.8 Å². The number of rotatable bonds is 7. The van der Waals surface area contributed by atoms with Crippen LogP contribution < -0.4 is 10.2 Å². The summed E-state index contributed by atoms with van der Waals surface area (Å²) in [7, 11) is 0. The van der Waals surface area contributed by atoms with Gasteiger partial charge in [-0.2, -0.15) is 0 Å². The summed E-state index contributed by atoms with van der Waals surface area (Å²) >= 11 is 6.18. The fourth-order valence-corrected chi connectivity index (χ4v) is 4.40. The summed E-state index contributed by atoms with van der Waals surface area (Å²) < 4.78 is 5.39. The number of halogens is 1. The van der Waals surface area contributed by atoms with Crippen molar-refractivity contribution in [1.29, 1.82) is 0 Å². The van der Waals surface area contributed by atoms with Crippen molar-refractivity contribution >= 4 is 34.8 Å². The van der Waals surface area contributed by atoms with Gasteiger partial charge >= 0.3 is 0 Å². The van der Waals surface area contributed by atoms with E-state index in [0.29, 0.717) is 37.5 Å². The number of piperazine rings is 1. The molecular formula is C25H31ClN4O3. The first-order chi connectivity index (χ1) is 16.1. The highest BCUT2D eigenvalue weighted by atomic mass is 35.5. The molecule has 176 valence electrons. The molecule has 8 heteroatoms. The van der Waals surface area contributed by atoms with Gasteiger partial charge in [0, 0.05) is 68.6 Å². The molecule has 2 aliphatic rings. The van der Waals surface area contributed by atoms with Crippen molar-refractivity contribution in [3.8, 4) is 0 Å². The van der Waals surface area contributed by atoms with E-state index in [4.69, 9.17) is 16.3 Å². The Balaban J connectivity index is 1.16. The minimum atomic E-state index is 0.00588. The Morgan fingerprint density at radius 2 is 1.61 bits per heavy atom. The van der Waals surface area contributed by atoms with Crippen LogP contribution in [0.4, 0.5) is 11.4 Å². The van der Waals surface area contributed by atoms with E-state index in [1.165, 1.54) is 0 Å². The van der Waals surface area contributed by atoms with E-state index < -0.39 is 0 Å². The number of anilines is 2. The van der Waals surface area contributed by atoms with E-state index in [-0.39, 0.29) is 11.8 Å². The fraction of sp³-hybridized carbons (Fsp3) is 0.440. The summed E-state index contributed by atoms with van der Waals surface area (Å²) in [4.78, 5) is 31.4. The third-order valence-corrected chi connectivity index (χ3v) is 6.58. The summed E-state index contributed by atoms with van der Waals surface area (Å²) in [6.45, 7) is 6.87. The first-order valence-corrected chi connectivity index (χ1v) is 11.9. The SMILES string of the molecule is O=C(CCN1CCN(C(=O)Cc2ccccc2Cl)CC1)Nc1ccc(N2CCOCC2)cc1. The van der Waals surface area contributed by atoms with Crippen molar-refractivity contribution in [1.82, 2.24) is 9.80 Å². The Hall–Kier alpha value is -2.61. The molecule has 1 N–H and O–H groups in total. The zero-order valence-corrected chi connectivity index (χ0v) is 19.6. The average Bonchev–Trinajstić information content (AvgIpc) is 2.85. The first kappa shape index (κ1) is 23.5. The molecule has 2 aromatic carbocycles. The highest BCUT2D eigenvalue weighted by Crippen LogP contribution is 2.19. The monoisotopic (exact) mass is 470 g/mol. The van der Waals surface area contributed by atoms with Crippen LogP contribution in [0.25, 0.3) is 0 Å². The lowest BCUT2D eigenvalue weighted by molar-refractivity contribution is -0.132. The Morgan fingerprint density at radius 3 is 2.30 bits per heavy atom. The molecule has 7 nitrogen and oxygen atoms in total. The van der Waals surface area contributed by atoms with Crippen molar-refractivity contribution in [2.24, 2.45) is 0 Å². The largest absolute Gasteiger partial charge is 0.378 e. The van der Waals surface area contributed by atoms with Crippen LogP contribution >= 0.6 is 11.6 Å². The number of hydrogen-bond acceptors (Lipinski definition) is 5. The second-order valence-electron chi connectivity index (χ2n) is 8.44. The van der Waals surface area contributed by atoms with Gasteiger partial charge in [0.2, 0.25) is 11.8 Å². The normalized spacial score (nSPS) is 17.1. The van der Waals surface area contributed by atoms with E-state index in [1.807, 2.05) is 53.4 Å². The lowest BCUT2D eigenvalue weighted by Crippen LogP contribution is -2.49. The van der Waals surface area contributed by atoms with E-state index in [1.54, 1.807) is 0 Å². The maximum atomic E-state index is 12.6. The van der Waals surface area contributed by atoms with Crippen LogP contribution in [0.2, 0.25) is 5.02 Å². The molecule has 0 saturated carbocycles. The second-order valence-corrected chi connectivity index (χ2v) is 8.84. The summed E-state index contributed by atoms with van der Waals surface area (Å²) in [6, 6.07) is 15.5. The maximum absolute atomic E-state index is 12.6. The lowest BCUT2D eigenvalue weighted by atomic mass is 10.1. The number of carbonyl (C=O) groups excluding carboxylic acids is 2. The molecule has 0 atom stereocenters. The molecule has 0 aliphatic carbocycles. The minimum Gasteiger partial charge on any atom is -0.378 e. The summed E-state index contributed by atoms with van der Waals surface area (Å²) in [5.41, 5.74) is 2.83. The maximum Gasteiger partial charge on any atom is 0.227 e. The molecular weight excluding hydrogens is 440 g/mol. The molecule has 33 heavy (non-hydrogen) atoms. The highest BCUT2D eigenvalue weighted by Gasteiger charge is 2.22. The van der Waals surface area contributed by atoms with Crippen molar-refractivity contribution in [3.05, 3.63) is 59.1 Å². The van der Waals surface area contributed by atoms with Crippen molar-refractivity contribution in [2.75, 3.05) is 69.2 Å². The van der Waals surface area contributed by atoms with Crippen molar-refractivity contribution in [3.63, 3.8) is 0 Å². The predicted molar refractivity (Wildman–Crippen MR) is 131 cm³/mol. The van der Waals surface area contributed by atoms with Gasteiger partial charge in [0.05, 0.1) is 19.6 Å². The number of carbonyl (C=O) groups is 2. The zero-order chi connectivity index (χ0) is 23.0. The molecule has 4 rings (SSSR count). The van der Waals surface area contributed by atoms with Crippen LogP contribution in [0, 0.1) is 0 Å². The first-order valence-electron chi connectivity index (χ1n) is 11.5. The van der Waals surface area contributed by atoms with E-state index in [2.05, 4.69) is 15.1 Å². The molecule has 0 radical (unpaired) electrons. The third-order valence-electron chi connectivity index (χ3n) is 6.21. The molecule has 0 unspecified atom stereocenters. The van der Waals surface area contributed by atoms with Gasteiger partial charge in [-0.25, -0.2) is 0 Å². The van der Waals surface area contributed by atoms with Crippen molar-refractivity contribution in [2.45, 2.75) is 12.8 Å². The van der Waals surface area contributed by atoms with Gasteiger partial charge in [-0.05, 0) is 35.9 Å². The molecule has 0 spiro atoms. The van der Waals surface area contributed by atoms with Gasteiger partial charge in [-0.15, -0.1) is 0 Å². The van der Waals surface area contributed by atoms with Gasteiger partial charge < -0.3 is 19.9 Å². The van der Waals surface area contributed by atoms with Crippen LogP contribution in [-0.2, 0) is 20.7 Å². The Morgan fingerprint density at radius 1 is 0.909 bits per heavy atom. The van der Waals surface area contributed by atoms with Crippen LogP contribution in [0.3, 0.4) is 0 Å². The summed E-state index contributed by atoms with van der Waals surface area (Å²) in [5.74, 6) is 0.104. The predicted octanol–water partition coefficient (Wildman–Crippen LogP) is 2.89. The van der Waals surface area contributed by atoms with Gasteiger partial charge in [0.1, 0.15) is 0 Å². The molecule has 0 aromatic heterocycles. The van der Waals surface area contributed by atoms with Gasteiger partial charge in [-0.3, -0.25) is 14.5 Å². The molecule has 0 bridgehead atoms. The Kier molecular flexibility index (Phi) is 8.20. The second kappa shape index (κ2) is 11.5. The topological polar surface area (TPSA) is 65.1 Å². The average molecular weight is 471 g/mol. The molecule has 2 aliphatic heterocycles. The number of hydrogen-bond donors (Lipinski definition) is 1. The standard InChI is InChI=1S/C25H31ClN4O3/c26-23-4-2-1-3-20(23)19-25(32)30-13-11-28(12-14-30)10-9-24(31)27-21-5-7-22(8-6-21)29-15-17-33-18-16-29/h1-8H,9-19H2,(H,27,31). The lowest BCUT2D eigenvalue weighted by Gasteiger charge is -2.34. The quantitative estimate of drug-likeness (QED) is 0.674. The minimum absolute atomic E-state index is 0.00588. The molecule has 2 fully saturated rings. The fourth-order valence-electron chi connectivity index (χ4n) is 4.20. The van der Waals surface area contributed by atoms with E-state index in [9.17, 15) is 9.59 Å². The number of ether oxygens (including phenoxy) is 1. The van der Waals surface area contributed by atoms with Crippen LogP contribution in [0.15, 0.2) is 48.5 Å². The Labute approximate surface area is 200 Å². The third kappa shape index (κ3) is 6.69. The van der Waals surface area contributed by atoms with E-state index in [0.717, 1.165) is 56.3 Å².